The SMILES string of the molecule is COc1ccc(OC)c(/C=C(/C#N)C(=O)O)c1. The van der Waals surface area contributed by atoms with Crippen LogP contribution in [0, 0.1) is 11.3 Å². The summed E-state index contributed by atoms with van der Waals surface area (Å²) in [6.45, 7) is 0. The Balaban J connectivity index is 3.28. The third-order valence-corrected chi connectivity index (χ3v) is 2.09. The first-order valence-electron chi connectivity index (χ1n) is 4.69. The maximum atomic E-state index is 10.7. The van der Waals surface area contributed by atoms with Gasteiger partial charge in [-0.2, -0.15) is 5.26 Å². The van der Waals surface area contributed by atoms with E-state index < -0.39 is 5.97 Å². The molecule has 0 atom stereocenters. The van der Waals surface area contributed by atoms with Crippen molar-refractivity contribution in [3.05, 3.63) is 29.3 Å². The Morgan fingerprint density at radius 2 is 2.12 bits per heavy atom. The molecule has 0 unspecified atom stereocenters. The number of methoxy groups -OCH3 is 2. The van der Waals surface area contributed by atoms with Gasteiger partial charge >= 0.3 is 5.97 Å². The average Bonchev–Trinajstić information content (AvgIpc) is 2.35. The molecule has 0 aliphatic rings. The number of nitriles is 1. The zero-order valence-corrected chi connectivity index (χ0v) is 9.43. The molecule has 5 nitrogen and oxygen atoms in total. The number of hydrogen-bond acceptors (Lipinski definition) is 4. The number of aliphatic carboxylic acids is 1. The maximum Gasteiger partial charge on any atom is 0.346 e. The summed E-state index contributed by atoms with van der Waals surface area (Å²) in [7, 11) is 2.96. The molecule has 0 radical (unpaired) electrons. The summed E-state index contributed by atoms with van der Waals surface area (Å²) in [6, 6.07) is 6.52. The fraction of sp³-hybridized carbons (Fsp3) is 0.167. The zero-order valence-electron chi connectivity index (χ0n) is 9.43. The molecule has 1 rings (SSSR count). The van der Waals surface area contributed by atoms with Crippen molar-refractivity contribution in [2.24, 2.45) is 0 Å². The Labute approximate surface area is 98.5 Å². The fourth-order valence-corrected chi connectivity index (χ4v) is 1.25. The van der Waals surface area contributed by atoms with Gasteiger partial charge in [0.15, 0.2) is 0 Å². The number of hydrogen-bond donors (Lipinski definition) is 1. The summed E-state index contributed by atoms with van der Waals surface area (Å²) >= 11 is 0. The number of carboxylic acids is 1. The number of carbonyl (C=O) groups is 1. The Morgan fingerprint density at radius 1 is 1.41 bits per heavy atom. The van der Waals surface area contributed by atoms with Gasteiger partial charge in [-0.15, -0.1) is 0 Å². The monoisotopic (exact) mass is 233 g/mol. The van der Waals surface area contributed by atoms with Crippen LogP contribution < -0.4 is 9.47 Å². The van der Waals surface area contributed by atoms with E-state index in [9.17, 15) is 4.79 Å². The van der Waals surface area contributed by atoms with E-state index in [1.54, 1.807) is 24.3 Å². The van der Waals surface area contributed by atoms with Crippen LogP contribution in [-0.2, 0) is 4.79 Å². The van der Waals surface area contributed by atoms with E-state index in [2.05, 4.69) is 0 Å². The number of rotatable bonds is 4. The second-order valence-corrected chi connectivity index (χ2v) is 3.08. The average molecular weight is 233 g/mol. The topological polar surface area (TPSA) is 79.5 Å². The predicted octanol–water partition coefficient (Wildman–Crippen LogP) is 1.70. The van der Waals surface area contributed by atoms with E-state index in [4.69, 9.17) is 19.8 Å². The summed E-state index contributed by atoms with van der Waals surface area (Å²) in [6.07, 6.45) is 1.24. The summed E-state index contributed by atoms with van der Waals surface area (Å²) in [4.78, 5) is 10.7. The molecule has 0 aliphatic carbocycles. The highest BCUT2D eigenvalue weighted by atomic mass is 16.5. The van der Waals surface area contributed by atoms with E-state index in [0.29, 0.717) is 17.1 Å². The summed E-state index contributed by atoms with van der Waals surface area (Å²) in [5.74, 6) is -0.253. The van der Waals surface area contributed by atoms with Crippen molar-refractivity contribution in [2.45, 2.75) is 0 Å². The minimum atomic E-state index is -1.28. The van der Waals surface area contributed by atoms with Crippen LogP contribution in [-0.4, -0.2) is 25.3 Å². The summed E-state index contributed by atoms with van der Waals surface area (Å²) < 4.78 is 10.1. The third kappa shape index (κ3) is 2.98. The van der Waals surface area contributed by atoms with E-state index in [1.165, 1.54) is 20.3 Å². The van der Waals surface area contributed by atoms with Crippen LogP contribution in [0.4, 0.5) is 0 Å². The second kappa shape index (κ2) is 5.56. The quantitative estimate of drug-likeness (QED) is 0.632. The van der Waals surface area contributed by atoms with Crippen LogP contribution in [0.3, 0.4) is 0 Å². The molecular formula is C12H11NO4. The molecule has 88 valence electrons. The van der Waals surface area contributed by atoms with Crippen molar-refractivity contribution < 1.29 is 19.4 Å². The Morgan fingerprint density at radius 3 is 2.59 bits per heavy atom. The molecule has 1 aromatic rings. The van der Waals surface area contributed by atoms with Crippen molar-refractivity contribution in [3.8, 4) is 17.6 Å². The van der Waals surface area contributed by atoms with Crippen LogP contribution in [0.15, 0.2) is 23.8 Å². The molecular weight excluding hydrogens is 222 g/mol. The van der Waals surface area contributed by atoms with Crippen LogP contribution in [0.1, 0.15) is 5.56 Å². The van der Waals surface area contributed by atoms with Gasteiger partial charge in [0.2, 0.25) is 0 Å². The molecule has 0 fully saturated rings. The van der Waals surface area contributed by atoms with Crippen molar-refractivity contribution >= 4 is 12.0 Å². The van der Waals surface area contributed by atoms with Gasteiger partial charge in [0.25, 0.3) is 0 Å². The molecule has 17 heavy (non-hydrogen) atoms. The van der Waals surface area contributed by atoms with Gasteiger partial charge in [0.1, 0.15) is 23.1 Å². The Kier molecular flexibility index (Phi) is 4.12. The molecule has 1 N–H and O–H groups in total. The van der Waals surface area contributed by atoms with Crippen LogP contribution in [0.25, 0.3) is 6.08 Å². The largest absolute Gasteiger partial charge is 0.497 e. The highest BCUT2D eigenvalue weighted by Gasteiger charge is 2.09. The van der Waals surface area contributed by atoms with Crippen molar-refractivity contribution in [1.29, 1.82) is 5.26 Å². The first kappa shape index (κ1) is 12.6. The number of ether oxygens (including phenoxy) is 2. The van der Waals surface area contributed by atoms with E-state index in [1.807, 2.05) is 0 Å². The van der Waals surface area contributed by atoms with Crippen LogP contribution >= 0.6 is 0 Å². The first-order chi connectivity index (χ1) is 8.12. The van der Waals surface area contributed by atoms with Gasteiger partial charge in [-0.3, -0.25) is 0 Å². The van der Waals surface area contributed by atoms with E-state index in [-0.39, 0.29) is 5.57 Å². The third-order valence-electron chi connectivity index (χ3n) is 2.09. The first-order valence-corrected chi connectivity index (χ1v) is 4.69. The Bertz CT molecular complexity index is 500. The van der Waals surface area contributed by atoms with Gasteiger partial charge in [-0.1, -0.05) is 0 Å². The molecule has 0 amide bonds. The molecule has 0 spiro atoms. The minimum Gasteiger partial charge on any atom is -0.497 e. The number of carboxylic acid groups (broad SMARTS) is 1. The molecule has 0 saturated carbocycles. The lowest BCUT2D eigenvalue weighted by Crippen LogP contribution is -1.98. The van der Waals surface area contributed by atoms with Crippen molar-refractivity contribution in [1.82, 2.24) is 0 Å². The van der Waals surface area contributed by atoms with Crippen molar-refractivity contribution in [2.75, 3.05) is 14.2 Å². The van der Waals surface area contributed by atoms with Gasteiger partial charge in [-0.05, 0) is 24.3 Å². The van der Waals surface area contributed by atoms with Crippen LogP contribution in [0.5, 0.6) is 11.5 Å². The lowest BCUT2D eigenvalue weighted by atomic mass is 10.1. The lowest BCUT2D eigenvalue weighted by molar-refractivity contribution is -0.132. The number of nitrogens with zero attached hydrogens (tertiary/aromatic N) is 1. The smallest absolute Gasteiger partial charge is 0.346 e. The molecule has 1 aromatic carbocycles. The zero-order chi connectivity index (χ0) is 12.8. The normalized spacial score (nSPS) is 10.5. The minimum absolute atomic E-state index is 0.364. The maximum absolute atomic E-state index is 10.7. The Hall–Kier alpha value is -2.48. The number of benzene rings is 1. The van der Waals surface area contributed by atoms with Crippen molar-refractivity contribution in [3.63, 3.8) is 0 Å². The molecule has 0 heterocycles. The second-order valence-electron chi connectivity index (χ2n) is 3.08. The molecule has 0 aliphatic heterocycles. The standard InChI is InChI=1S/C12H11NO4/c1-16-10-3-4-11(17-2)8(6-10)5-9(7-13)12(14)15/h3-6H,1-2H3,(H,14,15)/b9-5-. The molecule has 0 aromatic heterocycles. The van der Waals surface area contributed by atoms with E-state index >= 15 is 0 Å². The van der Waals surface area contributed by atoms with Crippen LogP contribution in [0.2, 0.25) is 0 Å². The van der Waals surface area contributed by atoms with Gasteiger partial charge in [0, 0.05) is 5.56 Å². The summed E-state index contributed by atoms with van der Waals surface area (Å²) in [5, 5.41) is 17.4. The van der Waals surface area contributed by atoms with Gasteiger partial charge < -0.3 is 14.6 Å². The predicted molar refractivity (Wildman–Crippen MR) is 60.8 cm³/mol. The van der Waals surface area contributed by atoms with Gasteiger partial charge in [-0.25, -0.2) is 4.79 Å². The highest BCUT2D eigenvalue weighted by molar-refractivity contribution is 5.96. The summed E-state index contributed by atoms with van der Waals surface area (Å²) in [5.41, 5.74) is 0.113. The molecule has 0 bridgehead atoms. The van der Waals surface area contributed by atoms with Gasteiger partial charge in [0.05, 0.1) is 14.2 Å². The molecule has 5 heteroatoms. The lowest BCUT2D eigenvalue weighted by Gasteiger charge is -2.07. The molecule has 0 saturated heterocycles. The highest BCUT2D eigenvalue weighted by Crippen LogP contribution is 2.26. The fourth-order valence-electron chi connectivity index (χ4n) is 1.25. The van der Waals surface area contributed by atoms with E-state index in [0.717, 1.165) is 0 Å².